The smallest absolute Gasteiger partial charge is 0.253 e. The number of hydrogen-bond acceptors (Lipinski definition) is 4. The summed E-state index contributed by atoms with van der Waals surface area (Å²) < 4.78 is 5.45. The van der Waals surface area contributed by atoms with Crippen LogP contribution in [-0.2, 0) is 22.5 Å². The lowest BCUT2D eigenvalue weighted by atomic mass is 10.2. The zero-order valence-corrected chi connectivity index (χ0v) is 21.6. The van der Waals surface area contributed by atoms with E-state index in [4.69, 9.17) is 9.73 Å². The first-order valence-electron chi connectivity index (χ1n) is 10.6. The van der Waals surface area contributed by atoms with Crippen LogP contribution in [0.2, 0.25) is 0 Å². The molecule has 8 heteroatoms. The Bertz CT molecular complexity index is 865. The number of nitrogens with one attached hydrogen (secondary N) is 3. The molecule has 1 aromatic heterocycles. The maximum Gasteiger partial charge on any atom is 0.253 e. The maximum atomic E-state index is 12.3. The van der Waals surface area contributed by atoms with Gasteiger partial charge in [0.05, 0.1) is 6.54 Å². The zero-order chi connectivity index (χ0) is 21.3. The third-order valence-corrected chi connectivity index (χ3v) is 5.89. The van der Waals surface area contributed by atoms with Crippen molar-refractivity contribution >= 4 is 52.9 Å². The monoisotopic (exact) mass is 556 g/mol. The standard InChI is InChI=1S/C23H32N4O2S.HI/c1-4-24-23(26-16(2)13-20-11-10-17(3)30-20)25-15-18-7-5-8-19(14-18)27-22(28)21-9-6-12-29-21;/h5,7-8,10-11,14,16,21H,4,6,9,12-13,15H2,1-3H3,(H,27,28)(H2,24,25,26);1H. The molecule has 1 amide bonds. The lowest BCUT2D eigenvalue weighted by Gasteiger charge is -2.17. The summed E-state index contributed by atoms with van der Waals surface area (Å²) in [5, 5.41) is 9.76. The SMILES string of the molecule is CCNC(=NCc1cccc(NC(=O)C2CCCO2)c1)NC(C)Cc1ccc(C)s1.I. The topological polar surface area (TPSA) is 74.8 Å². The number of carbonyl (C=O) groups excluding carboxylic acids is 1. The Morgan fingerprint density at radius 2 is 2.16 bits per heavy atom. The van der Waals surface area contributed by atoms with Crippen molar-refractivity contribution < 1.29 is 9.53 Å². The Kier molecular flexibility index (Phi) is 10.8. The van der Waals surface area contributed by atoms with Crippen LogP contribution in [-0.4, -0.2) is 37.2 Å². The van der Waals surface area contributed by atoms with E-state index in [9.17, 15) is 4.79 Å². The molecule has 0 bridgehead atoms. The molecule has 6 nitrogen and oxygen atoms in total. The molecule has 1 aliphatic heterocycles. The number of aryl methyl sites for hydroxylation is 1. The minimum absolute atomic E-state index is 0. The van der Waals surface area contributed by atoms with E-state index in [1.54, 1.807) is 0 Å². The van der Waals surface area contributed by atoms with Gasteiger partial charge in [-0.25, -0.2) is 4.99 Å². The second-order valence-electron chi connectivity index (χ2n) is 7.65. The van der Waals surface area contributed by atoms with Crippen LogP contribution in [0.3, 0.4) is 0 Å². The molecule has 170 valence electrons. The predicted molar refractivity (Wildman–Crippen MR) is 140 cm³/mol. The number of ether oxygens (including phenoxy) is 1. The van der Waals surface area contributed by atoms with E-state index in [1.807, 2.05) is 35.6 Å². The van der Waals surface area contributed by atoms with Crippen molar-refractivity contribution in [2.24, 2.45) is 4.99 Å². The summed E-state index contributed by atoms with van der Waals surface area (Å²) in [7, 11) is 0. The quantitative estimate of drug-likeness (QED) is 0.255. The van der Waals surface area contributed by atoms with Gasteiger partial charge in [0.25, 0.3) is 5.91 Å². The van der Waals surface area contributed by atoms with Crippen LogP contribution in [0.5, 0.6) is 0 Å². The molecule has 2 aromatic rings. The minimum Gasteiger partial charge on any atom is -0.368 e. The molecule has 3 rings (SSSR count). The van der Waals surface area contributed by atoms with Gasteiger partial charge >= 0.3 is 0 Å². The predicted octanol–water partition coefficient (Wildman–Crippen LogP) is 4.48. The molecular weight excluding hydrogens is 523 g/mol. The highest BCUT2D eigenvalue weighted by atomic mass is 127. The van der Waals surface area contributed by atoms with Crippen molar-refractivity contribution in [2.45, 2.75) is 58.7 Å². The highest BCUT2D eigenvalue weighted by Gasteiger charge is 2.23. The van der Waals surface area contributed by atoms with E-state index < -0.39 is 0 Å². The molecule has 0 spiro atoms. The second-order valence-corrected chi connectivity index (χ2v) is 9.02. The number of thiophene rings is 1. The number of benzene rings is 1. The third kappa shape index (κ3) is 8.42. The van der Waals surface area contributed by atoms with Crippen LogP contribution in [0.25, 0.3) is 0 Å². The molecule has 31 heavy (non-hydrogen) atoms. The van der Waals surface area contributed by atoms with Crippen LogP contribution < -0.4 is 16.0 Å². The molecule has 1 aliphatic rings. The summed E-state index contributed by atoms with van der Waals surface area (Å²) in [6.45, 7) is 8.36. The summed E-state index contributed by atoms with van der Waals surface area (Å²) in [5.74, 6) is 0.730. The second kappa shape index (κ2) is 13.0. The number of carbonyl (C=O) groups is 1. The highest BCUT2D eigenvalue weighted by Crippen LogP contribution is 2.18. The molecule has 1 saturated heterocycles. The lowest BCUT2D eigenvalue weighted by molar-refractivity contribution is -0.124. The number of guanidine groups is 1. The average molecular weight is 557 g/mol. The van der Waals surface area contributed by atoms with Crippen molar-refractivity contribution in [3.63, 3.8) is 0 Å². The van der Waals surface area contributed by atoms with Gasteiger partial charge < -0.3 is 20.7 Å². The molecule has 2 unspecified atom stereocenters. The van der Waals surface area contributed by atoms with Gasteiger partial charge in [-0.3, -0.25) is 4.79 Å². The van der Waals surface area contributed by atoms with Gasteiger partial charge in [-0.2, -0.15) is 0 Å². The number of amides is 1. The summed E-state index contributed by atoms with van der Waals surface area (Å²) in [6.07, 6.45) is 2.37. The Morgan fingerprint density at radius 3 is 2.84 bits per heavy atom. The number of nitrogens with zero attached hydrogens (tertiary/aromatic N) is 1. The van der Waals surface area contributed by atoms with Gasteiger partial charge in [0.1, 0.15) is 6.10 Å². The van der Waals surface area contributed by atoms with Crippen molar-refractivity contribution in [1.29, 1.82) is 0 Å². The molecule has 2 heterocycles. The van der Waals surface area contributed by atoms with E-state index in [1.165, 1.54) is 9.75 Å². The van der Waals surface area contributed by atoms with E-state index in [0.29, 0.717) is 13.2 Å². The minimum atomic E-state index is -0.329. The molecule has 0 saturated carbocycles. The van der Waals surface area contributed by atoms with E-state index in [2.05, 4.69) is 48.9 Å². The van der Waals surface area contributed by atoms with Crippen LogP contribution >= 0.6 is 35.3 Å². The molecule has 1 fully saturated rings. The molecule has 0 radical (unpaired) electrons. The van der Waals surface area contributed by atoms with Crippen LogP contribution in [0, 0.1) is 6.92 Å². The number of anilines is 1. The Balaban J connectivity index is 0.00000341. The summed E-state index contributed by atoms with van der Waals surface area (Å²) in [4.78, 5) is 19.7. The molecule has 2 atom stereocenters. The summed E-state index contributed by atoms with van der Waals surface area (Å²) in [5.41, 5.74) is 1.82. The summed E-state index contributed by atoms with van der Waals surface area (Å²) >= 11 is 1.84. The third-order valence-electron chi connectivity index (χ3n) is 4.87. The number of halogens is 1. The van der Waals surface area contributed by atoms with Gasteiger partial charge in [-0.1, -0.05) is 12.1 Å². The first-order valence-corrected chi connectivity index (χ1v) is 11.5. The average Bonchev–Trinajstić information content (AvgIpc) is 3.39. The maximum absolute atomic E-state index is 12.3. The number of rotatable bonds is 8. The van der Waals surface area contributed by atoms with E-state index in [0.717, 1.165) is 43.0 Å². The van der Waals surface area contributed by atoms with Gasteiger partial charge in [0, 0.05) is 41.1 Å². The number of hydrogen-bond donors (Lipinski definition) is 3. The first-order chi connectivity index (χ1) is 14.5. The van der Waals surface area contributed by atoms with Gasteiger partial charge in [0.2, 0.25) is 0 Å². The fourth-order valence-electron chi connectivity index (χ4n) is 3.43. The van der Waals surface area contributed by atoms with Crippen molar-refractivity contribution in [1.82, 2.24) is 10.6 Å². The van der Waals surface area contributed by atoms with Crippen LogP contribution in [0.4, 0.5) is 5.69 Å². The summed E-state index contributed by atoms with van der Waals surface area (Å²) in [6, 6.07) is 12.5. The Hall–Kier alpha value is -1.65. The largest absolute Gasteiger partial charge is 0.368 e. The Morgan fingerprint density at radius 1 is 1.32 bits per heavy atom. The van der Waals surface area contributed by atoms with Crippen LogP contribution in [0.15, 0.2) is 41.4 Å². The highest BCUT2D eigenvalue weighted by molar-refractivity contribution is 14.0. The number of aliphatic imine (C=N–C) groups is 1. The first kappa shape index (κ1) is 25.6. The fourth-order valence-corrected chi connectivity index (χ4v) is 4.45. The lowest BCUT2D eigenvalue weighted by Crippen LogP contribution is -2.43. The normalized spacial score (nSPS) is 17.0. The van der Waals surface area contributed by atoms with Crippen molar-refractivity contribution in [2.75, 3.05) is 18.5 Å². The van der Waals surface area contributed by atoms with Crippen molar-refractivity contribution in [3.05, 3.63) is 51.7 Å². The van der Waals surface area contributed by atoms with E-state index >= 15 is 0 Å². The molecule has 1 aromatic carbocycles. The van der Waals surface area contributed by atoms with Crippen molar-refractivity contribution in [3.8, 4) is 0 Å². The van der Waals surface area contributed by atoms with Gasteiger partial charge in [0.15, 0.2) is 5.96 Å². The van der Waals surface area contributed by atoms with E-state index in [-0.39, 0.29) is 42.0 Å². The molecular formula is C23H33IN4O2S. The van der Waals surface area contributed by atoms with Gasteiger partial charge in [-0.15, -0.1) is 35.3 Å². The molecule has 3 N–H and O–H groups in total. The zero-order valence-electron chi connectivity index (χ0n) is 18.4. The van der Waals surface area contributed by atoms with Crippen LogP contribution in [0.1, 0.15) is 42.0 Å². The fraction of sp³-hybridized carbons (Fsp3) is 0.478. The molecule has 0 aliphatic carbocycles. The Labute approximate surface area is 206 Å². The van der Waals surface area contributed by atoms with Gasteiger partial charge in [-0.05, 0) is 63.4 Å².